The van der Waals surface area contributed by atoms with Crippen molar-refractivity contribution < 1.29 is 19.2 Å². The molecule has 26 heavy (non-hydrogen) atoms. The molecule has 3 rings (SSSR count). The van der Waals surface area contributed by atoms with E-state index >= 15 is 0 Å². The van der Waals surface area contributed by atoms with Crippen molar-refractivity contribution in [3.8, 4) is 0 Å². The van der Waals surface area contributed by atoms with Crippen LogP contribution in [0.15, 0.2) is 10.6 Å². The number of carbonyl (C=O) groups excluding carboxylic acids is 1. The highest BCUT2D eigenvalue weighted by molar-refractivity contribution is 5.71. The Kier molecular flexibility index (Phi) is 6.32. The van der Waals surface area contributed by atoms with Crippen molar-refractivity contribution in [3.05, 3.63) is 17.5 Å². The Hall–Kier alpha value is -1.44. The van der Waals surface area contributed by atoms with Crippen LogP contribution in [-0.2, 0) is 16.1 Å². The van der Waals surface area contributed by atoms with Gasteiger partial charge in [0.2, 0.25) is 0 Å². The summed E-state index contributed by atoms with van der Waals surface area (Å²) < 4.78 is 10.4. The van der Waals surface area contributed by atoms with Gasteiger partial charge >= 0.3 is 5.97 Å². The summed E-state index contributed by atoms with van der Waals surface area (Å²) >= 11 is 0. The maximum Gasteiger partial charge on any atom is 0.320 e. The van der Waals surface area contributed by atoms with E-state index in [4.69, 9.17) is 9.26 Å². The van der Waals surface area contributed by atoms with Gasteiger partial charge in [0.1, 0.15) is 0 Å². The van der Waals surface area contributed by atoms with Gasteiger partial charge in [0, 0.05) is 25.1 Å². The summed E-state index contributed by atoms with van der Waals surface area (Å²) in [5, 5.41) is 13.9. The predicted octanol–water partition coefficient (Wildman–Crippen LogP) is 1.44. The van der Waals surface area contributed by atoms with Gasteiger partial charge in [-0.15, -0.1) is 0 Å². The molecule has 0 saturated carbocycles. The zero-order valence-electron chi connectivity index (χ0n) is 15.9. The van der Waals surface area contributed by atoms with Gasteiger partial charge in [0.05, 0.1) is 25.4 Å². The van der Waals surface area contributed by atoms with Crippen molar-refractivity contribution in [2.75, 3.05) is 45.9 Å². The van der Waals surface area contributed by atoms with Crippen molar-refractivity contribution in [1.29, 1.82) is 0 Å². The Bertz CT molecular complexity index is 595. The minimum Gasteiger partial charge on any atom is -0.465 e. The van der Waals surface area contributed by atoms with Crippen LogP contribution >= 0.6 is 0 Å². The number of ether oxygens (including phenoxy) is 1. The lowest BCUT2D eigenvalue weighted by molar-refractivity contribution is -0.146. The fraction of sp³-hybridized carbons (Fsp3) is 0.789. The average Bonchev–Trinajstić information content (AvgIpc) is 3.04. The second-order valence-corrected chi connectivity index (χ2v) is 7.74. The van der Waals surface area contributed by atoms with Crippen LogP contribution in [0, 0.1) is 18.3 Å². The summed E-state index contributed by atoms with van der Waals surface area (Å²) in [5.41, 5.74) is 1.11. The fourth-order valence-corrected chi connectivity index (χ4v) is 4.49. The van der Waals surface area contributed by atoms with Crippen molar-refractivity contribution in [3.63, 3.8) is 0 Å². The highest BCUT2D eigenvalue weighted by Gasteiger charge is 2.44. The molecule has 2 saturated heterocycles. The van der Waals surface area contributed by atoms with Gasteiger partial charge in [-0.3, -0.25) is 14.6 Å². The molecule has 3 heterocycles. The van der Waals surface area contributed by atoms with Gasteiger partial charge < -0.3 is 14.4 Å². The number of carbonyl (C=O) groups is 1. The van der Waals surface area contributed by atoms with Crippen LogP contribution in [0.5, 0.6) is 0 Å². The molecule has 2 aliphatic rings. The Labute approximate surface area is 155 Å². The summed E-state index contributed by atoms with van der Waals surface area (Å²) in [6.07, 6.45) is 3.20. The minimum absolute atomic E-state index is 0.169. The number of aromatic nitrogens is 1. The summed E-state index contributed by atoms with van der Waals surface area (Å²) in [6.45, 7) is 9.19. The molecule has 1 aromatic rings. The molecule has 0 aliphatic carbocycles. The number of nitrogens with zero attached hydrogens (tertiary/aromatic N) is 3. The van der Waals surface area contributed by atoms with E-state index in [1.807, 2.05) is 19.9 Å². The van der Waals surface area contributed by atoms with Crippen LogP contribution < -0.4 is 0 Å². The number of esters is 1. The van der Waals surface area contributed by atoms with E-state index in [1.165, 1.54) is 0 Å². The van der Waals surface area contributed by atoms with Gasteiger partial charge in [0.15, 0.2) is 5.76 Å². The molecule has 0 unspecified atom stereocenters. The molecule has 1 atom stereocenters. The SMILES string of the molecule is CCOC(=O)CN1CCC2(CCN(Cc3cc(C)no3)CC2)[C@H](CO)C1. The third kappa shape index (κ3) is 4.45. The van der Waals surface area contributed by atoms with Gasteiger partial charge in [0.25, 0.3) is 0 Å². The van der Waals surface area contributed by atoms with Crippen LogP contribution in [0.4, 0.5) is 0 Å². The highest BCUT2D eigenvalue weighted by atomic mass is 16.5. The lowest BCUT2D eigenvalue weighted by atomic mass is 9.64. The highest BCUT2D eigenvalue weighted by Crippen LogP contribution is 2.45. The number of rotatable bonds is 6. The molecule has 1 spiro atoms. The Morgan fingerprint density at radius 2 is 2.04 bits per heavy atom. The van der Waals surface area contributed by atoms with E-state index in [2.05, 4.69) is 15.0 Å². The molecule has 1 aromatic heterocycles. The van der Waals surface area contributed by atoms with Crippen molar-refractivity contribution >= 4 is 5.97 Å². The predicted molar refractivity (Wildman–Crippen MR) is 96.4 cm³/mol. The summed E-state index contributed by atoms with van der Waals surface area (Å²) in [4.78, 5) is 16.3. The fourth-order valence-electron chi connectivity index (χ4n) is 4.49. The summed E-state index contributed by atoms with van der Waals surface area (Å²) in [5.74, 6) is 0.971. The zero-order valence-corrected chi connectivity index (χ0v) is 15.9. The first-order valence-electron chi connectivity index (χ1n) is 9.68. The molecule has 0 radical (unpaired) electrons. The molecule has 0 aromatic carbocycles. The standard InChI is InChI=1S/C19H31N3O4/c1-3-25-18(24)13-22-9-6-19(16(11-22)14-23)4-7-21(8-5-19)12-17-10-15(2)20-26-17/h10,16,23H,3-9,11-14H2,1-2H3/t16-/m0/s1. The molecular formula is C19H31N3O4. The zero-order chi connectivity index (χ0) is 18.6. The van der Waals surface area contributed by atoms with Crippen molar-refractivity contribution in [2.45, 2.75) is 39.7 Å². The second-order valence-electron chi connectivity index (χ2n) is 7.74. The van der Waals surface area contributed by atoms with Crippen LogP contribution in [0.3, 0.4) is 0 Å². The van der Waals surface area contributed by atoms with Gasteiger partial charge in [-0.1, -0.05) is 5.16 Å². The van der Waals surface area contributed by atoms with E-state index < -0.39 is 0 Å². The lowest BCUT2D eigenvalue weighted by Crippen LogP contribution is -2.54. The van der Waals surface area contributed by atoms with Crippen molar-refractivity contribution in [2.24, 2.45) is 11.3 Å². The Morgan fingerprint density at radius 1 is 1.35 bits per heavy atom. The molecule has 1 N–H and O–H groups in total. The van der Waals surface area contributed by atoms with Crippen LogP contribution in [0.1, 0.15) is 37.6 Å². The first kappa shape index (κ1) is 19.3. The first-order valence-corrected chi connectivity index (χ1v) is 9.68. The van der Waals surface area contributed by atoms with Gasteiger partial charge in [-0.05, 0) is 58.2 Å². The molecule has 7 nitrogen and oxygen atoms in total. The maximum absolute atomic E-state index is 11.7. The quantitative estimate of drug-likeness (QED) is 0.764. The van der Waals surface area contributed by atoms with E-state index in [0.29, 0.717) is 13.2 Å². The minimum atomic E-state index is -0.169. The van der Waals surface area contributed by atoms with E-state index in [1.54, 1.807) is 0 Å². The normalized spacial score (nSPS) is 24.0. The Balaban J connectivity index is 1.53. The van der Waals surface area contributed by atoms with Crippen LogP contribution in [0.2, 0.25) is 0 Å². The van der Waals surface area contributed by atoms with E-state index in [9.17, 15) is 9.90 Å². The lowest BCUT2D eigenvalue weighted by Gasteiger charge is -2.51. The molecule has 2 aliphatic heterocycles. The molecule has 146 valence electrons. The average molecular weight is 365 g/mol. The number of piperidine rings is 2. The van der Waals surface area contributed by atoms with Crippen LogP contribution in [0.25, 0.3) is 0 Å². The third-order valence-electron chi connectivity index (χ3n) is 6.06. The van der Waals surface area contributed by atoms with Crippen molar-refractivity contribution in [1.82, 2.24) is 15.0 Å². The number of aliphatic hydroxyl groups excluding tert-OH is 1. The first-order chi connectivity index (χ1) is 12.5. The number of likely N-dealkylation sites (tertiary alicyclic amines) is 2. The summed E-state index contributed by atoms with van der Waals surface area (Å²) in [6, 6.07) is 1.99. The topological polar surface area (TPSA) is 79.0 Å². The van der Waals surface area contributed by atoms with E-state index in [-0.39, 0.29) is 23.9 Å². The number of aliphatic hydroxyl groups is 1. The molecular weight excluding hydrogens is 334 g/mol. The second kappa shape index (κ2) is 8.50. The van der Waals surface area contributed by atoms with Crippen LogP contribution in [-0.4, -0.2) is 72.0 Å². The third-order valence-corrected chi connectivity index (χ3v) is 6.06. The van der Waals surface area contributed by atoms with Gasteiger partial charge in [-0.2, -0.15) is 0 Å². The van der Waals surface area contributed by atoms with Gasteiger partial charge in [-0.25, -0.2) is 0 Å². The number of aryl methyl sites for hydroxylation is 1. The molecule has 0 amide bonds. The molecule has 7 heteroatoms. The molecule has 2 fully saturated rings. The Morgan fingerprint density at radius 3 is 2.62 bits per heavy atom. The smallest absolute Gasteiger partial charge is 0.320 e. The number of hydrogen-bond donors (Lipinski definition) is 1. The largest absolute Gasteiger partial charge is 0.465 e. The monoisotopic (exact) mass is 365 g/mol. The number of hydrogen-bond acceptors (Lipinski definition) is 7. The molecule has 0 bridgehead atoms. The maximum atomic E-state index is 11.7. The summed E-state index contributed by atoms with van der Waals surface area (Å²) in [7, 11) is 0. The van der Waals surface area contributed by atoms with E-state index in [0.717, 1.165) is 63.4 Å².